The van der Waals surface area contributed by atoms with Crippen LogP contribution in [0.1, 0.15) is 12.2 Å². The molecular formula is C13H15N3O2. The van der Waals surface area contributed by atoms with Crippen molar-refractivity contribution < 1.29 is 4.74 Å². The Kier molecular flexibility index (Phi) is 3.08. The van der Waals surface area contributed by atoms with Crippen LogP contribution in [-0.2, 0) is 11.3 Å². The fraction of sp³-hybridized carbons (Fsp3) is 0.385. The number of fused-ring (bicyclic) bond motifs is 1. The van der Waals surface area contributed by atoms with Crippen LogP contribution >= 0.6 is 0 Å². The molecule has 1 atom stereocenters. The normalized spacial score (nSPS) is 19.4. The number of H-pyrrole nitrogens is 1. The van der Waals surface area contributed by atoms with E-state index in [4.69, 9.17) is 4.74 Å². The lowest BCUT2D eigenvalue weighted by Crippen LogP contribution is -2.19. The van der Waals surface area contributed by atoms with Crippen LogP contribution in [0.5, 0.6) is 0 Å². The van der Waals surface area contributed by atoms with E-state index in [1.54, 1.807) is 6.07 Å². The Bertz CT molecular complexity index is 602. The van der Waals surface area contributed by atoms with Gasteiger partial charge in [0.1, 0.15) is 12.4 Å². The molecule has 0 amide bonds. The van der Waals surface area contributed by atoms with Crippen molar-refractivity contribution in [3.05, 3.63) is 40.4 Å². The van der Waals surface area contributed by atoms with Crippen LogP contribution in [0.25, 0.3) is 10.9 Å². The molecule has 1 aromatic carbocycles. The minimum Gasteiger partial charge on any atom is -0.369 e. The number of rotatable bonds is 3. The number of hydrogen-bond acceptors (Lipinski definition) is 4. The summed E-state index contributed by atoms with van der Waals surface area (Å²) in [5.74, 6) is 0.589. The molecule has 1 aliphatic heterocycles. The molecule has 0 bridgehead atoms. The summed E-state index contributed by atoms with van der Waals surface area (Å²) in [6.07, 6.45) is 1.24. The number of nitrogens with one attached hydrogen (secondary N) is 2. The van der Waals surface area contributed by atoms with Gasteiger partial charge in [0.05, 0.1) is 17.0 Å². The third-order valence-electron chi connectivity index (χ3n) is 3.13. The highest BCUT2D eigenvalue weighted by Gasteiger charge is 2.15. The molecule has 5 heteroatoms. The second-order valence-corrected chi connectivity index (χ2v) is 4.46. The van der Waals surface area contributed by atoms with Crippen LogP contribution in [0.3, 0.4) is 0 Å². The number of para-hydroxylation sites is 1. The Morgan fingerprint density at radius 2 is 2.28 bits per heavy atom. The van der Waals surface area contributed by atoms with Gasteiger partial charge in [-0.2, -0.15) is 0 Å². The summed E-state index contributed by atoms with van der Waals surface area (Å²) in [7, 11) is 0. The fourth-order valence-electron chi connectivity index (χ4n) is 2.17. The van der Waals surface area contributed by atoms with Gasteiger partial charge in [-0.25, -0.2) is 4.98 Å². The van der Waals surface area contributed by atoms with Crippen LogP contribution in [0.15, 0.2) is 29.1 Å². The zero-order valence-corrected chi connectivity index (χ0v) is 9.98. The summed E-state index contributed by atoms with van der Waals surface area (Å²) in [6.45, 7) is 2.22. The molecule has 2 N–H and O–H groups in total. The van der Waals surface area contributed by atoms with Gasteiger partial charge in [-0.3, -0.25) is 4.79 Å². The quantitative estimate of drug-likeness (QED) is 0.839. The van der Waals surface area contributed by atoms with Crippen LogP contribution in [-0.4, -0.2) is 29.2 Å². The maximum Gasteiger partial charge on any atom is 0.258 e. The van der Waals surface area contributed by atoms with Crippen molar-refractivity contribution in [2.75, 3.05) is 13.1 Å². The molecular weight excluding hydrogens is 230 g/mol. The van der Waals surface area contributed by atoms with Crippen molar-refractivity contribution in [1.82, 2.24) is 15.3 Å². The van der Waals surface area contributed by atoms with Crippen LogP contribution in [0.4, 0.5) is 0 Å². The van der Waals surface area contributed by atoms with Gasteiger partial charge in [0.25, 0.3) is 5.56 Å². The zero-order valence-electron chi connectivity index (χ0n) is 9.98. The number of hydrogen-bond donors (Lipinski definition) is 2. The first-order valence-corrected chi connectivity index (χ1v) is 6.13. The molecule has 0 radical (unpaired) electrons. The van der Waals surface area contributed by atoms with E-state index in [1.165, 1.54) is 0 Å². The second-order valence-electron chi connectivity index (χ2n) is 4.46. The summed E-state index contributed by atoms with van der Waals surface area (Å²) >= 11 is 0. The first-order chi connectivity index (χ1) is 8.83. The Labute approximate surface area is 104 Å². The van der Waals surface area contributed by atoms with Crippen molar-refractivity contribution >= 4 is 10.9 Å². The van der Waals surface area contributed by atoms with Gasteiger partial charge in [-0.15, -0.1) is 0 Å². The summed E-state index contributed by atoms with van der Waals surface area (Å²) < 4.78 is 5.70. The van der Waals surface area contributed by atoms with Gasteiger partial charge in [0.15, 0.2) is 0 Å². The van der Waals surface area contributed by atoms with Crippen LogP contribution < -0.4 is 10.9 Å². The van der Waals surface area contributed by atoms with Gasteiger partial charge in [-0.1, -0.05) is 12.1 Å². The van der Waals surface area contributed by atoms with E-state index in [2.05, 4.69) is 15.3 Å². The number of aromatic amines is 1. The molecule has 0 spiro atoms. The Morgan fingerprint density at radius 1 is 1.39 bits per heavy atom. The predicted octanol–water partition coefficient (Wildman–Crippen LogP) is 0.802. The molecule has 94 valence electrons. The van der Waals surface area contributed by atoms with E-state index >= 15 is 0 Å². The van der Waals surface area contributed by atoms with Crippen LogP contribution in [0, 0.1) is 0 Å². The first kappa shape index (κ1) is 11.4. The summed E-state index contributed by atoms with van der Waals surface area (Å²) in [5, 5.41) is 3.85. The molecule has 1 saturated heterocycles. The van der Waals surface area contributed by atoms with Gasteiger partial charge in [0, 0.05) is 6.54 Å². The Morgan fingerprint density at radius 3 is 3.11 bits per heavy atom. The minimum absolute atomic E-state index is 0.108. The molecule has 1 aromatic heterocycles. The van der Waals surface area contributed by atoms with Crippen molar-refractivity contribution in [3.63, 3.8) is 0 Å². The van der Waals surface area contributed by atoms with Crippen molar-refractivity contribution in [2.24, 2.45) is 0 Å². The molecule has 5 nitrogen and oxygen atoms in total. The second kappa shape index (κ2) is 4.88. The Balaban J connectivity index is 1.81. The average molecular weight is 245 g/mol. The number of aromatic nitrogens is 2. The monoisotopic (exact) mass is 245 g/mol. The standard InChI is InChI=1S/C13H15N3O2/c17-13-10-3-1-2-4-11(10)15-12(16-13)8-18-9-5-6-14-7-9/h1-4,9,14H,5-8H2,(H,15,16,17)/t9-/m0/s1. The van der Waals surface area contributed by atoms with Crippen LogP contribution in [0.2, 0.25) is 0 Å². The first-order valence-electron chi connectivity index (χ1n) is 6.13. The van der Waals surface area contributed by atoms with Crippen molar-refractivity contribution in [1.29, 1.82) is 0 Å². The van der Waals surface area contributed by atoms with Gasteiger partial charge >= 0.3 is 0 Å². The van der Waals surface area contributed by atoms with Gasteiger partial charge in [0.2, 0.25) is 0 Å². The average Bonchev–Trinajstić information content (AvgIpc) is 2.90. The van der Waals surface area contributed by atoms with E-state index in [-0.39, 0.29) is 11.7 Å². The SMILES string of the molecule is O=c1[nH]c(CO[C@H]2CCNC2)nc2ccccc12. The number of nitrogens with zero attached hydrogens (tertiary/aromatic N) is 1. The van der Waals surface area contributed by atoms with Gasteiger partial charge in [-0.05, 0) is 25.1 Å². The molecule has 1 aliphatic rings. The van der Waals surface area contributed by atoms with E-state index < -0.39 is 0 Å². The highest BCUT2D eigenvalue weighted by molar-refractivity contribution is 5.77. The Hall–Kier alpha value is -1.72. The maximum atomic E-state index is 11.8. The number of ether oxygens (including phenoxy) is 1. The van der Waals surface area contributed by atoms with Gasteiger partial charge < -0.3 is 15.0 Å². The molecule has 3 rings (SSSR count). The topological polar surface area (TPSA) is 67.0 Å². The highest BCUT2D eigenvalue weighted by Crippen LogP contribution is 2.08. The predicted molar refractivity (Wildman–Crippen MR) is 68.4 cm³/mol. The van der Waals surface area contributed by atoms with Crippen molar-refractivity contribution in [2.45, 2.75) is 19.1 Å². The lowest BCUT2D eigenvalue weighted by atomic mass is 10.2. The largest absolute Gasteiger partial charge is 0.369 e. The highest BCUT2D eigenvalue weighted by atomic mass is 16.5. The summed E-state index contributed by atoms with van der Waals surface area (Å²) in [5.41, 5.74) is 0.605. The molecule has 2 heterocycles. The van der Waals surface area contributed by atoms with Crippen molar-refractivity contribution in [3.8, 4) is 0 Å². The molecule has 18 heavy (non-hydrogen) atoms. The third kappa shape index (κ3) is 2.27. The lowest BCUT2D eigenvalue weighted by molar-refractivity contribution is 0.0501. The molecule has 2 aromatic rings. The molecule has 0 unspecified atom stereocenters. The smallest absolute Gasteiger partial charge is 0.258 e. The number of benzene rings is 1. The van der Waals surface area contributed by atoms with E-state index in [0.29, 0.717) is 23.3 Å². The van der Waals surface area contributed by atoms with E-state index in [1.807, 2.05) is 18.2 Å². The third-order valence-corrected chi connectivity index (χ3v) is 3.13. The fourth-order valence-corrected chi connectivity index (χ4v) is 2.17. The summed E-state index contributed by atoms with van der Waals surface area (Å²) in [4.78, 5) is 19.0. The van der Waals surface area contributed by atoms with E-state index in [0.717, 1.165) is 19.5 Å². The zero-order chi connectivity index (χ0) is 12.4. The molecule has 1 fully saturated rings. The minimum atomic E-state index is -0.108. The lowest BCUT2D eigenvalue weighted by Gasteiger charge is -2.09. The molecule has 0 saturated carbocycles. The van der Waals surface area contributed by atoms with E-state index in [9.17, 15) is 4.79 Å². The molecule has 0 aliphatic carbocycles. The summed E-state index contributed by atoms with van der Waals surface area (Å²) in [6, 6.07) is 7.32. The maximum absolute atomic E-state index is 11.8.